The number of aromatic amines is 1. The summed E-state index contributed by atoms with van der Waals surface area (Å²) in [7, 11) is 0. The van der Waals surface area contributed by atoms with Gasteiger partial charge < -0.3 is 14.8 Å². The molecule has 1 aromatic carbocycles. The number of amides is 1. The Bertz CT molecular complexity index is 1030. The van der Waals surface area contributed by atoms with E-state index in [-0.39, 0.29) is 12.5 Å². The molecule has 158 valence electrons. The summed E-state index contributed by atoms with van der Waals surface area (Å²) in [6.45, 7) is 5.09. The highest BCUT2D eigenvalue weighted by atomic mass is 32.1. The van der Waals surface area contributed by atoms with Crippen molar-refractivity contribution >= 4 is 18.1 Å². The maximum atomic E-state index is 12.4. The highest BCUT2D eigenvalue weighted by Crippen LogP contribution is 2.23. The molecule has 2 aromatic heterocycles. The lowest BCUT2D eigenvalue weighted by Crippen LogP contribution is -2.28. The van der Waals surface area contributed by atoms with E-state index in [4.69, 9.17) is 21.7 Å². The predicted molar refractivity (Wildman–Crippen MR) is 115 cm³/mol. The number of nitrogens with zero attached hydrogens (tertiary/aromatic N) is 3. The second-order valence-electron chi connectivity index (χ2n) is 6.57. The third-order valence-corrected chi connectivity index (χ3v) is 4.57. The molecule has 0 aliphatic carbocycles. The summed E-state index contributed by atoms with van der Waals surface area (Å²) in [5, 5.41) is 9.82. The molecule has 3 aromatic rings. The minimum atomic E-state index is -0.143. The largest absolute Gasteiger partial charge is 0.494 e. The van der Waals surface area contributed by atoms with Gasteiger partial charge in [-0.25, -0.2) is 4.98 Å². The molecule has 2 heterocycles. The molecule has 0 radical (unpaired) electrons. The Kier molecular flexibility index (Phi) is 7.56. The molecule has 30 heavy (non-hydrogen) atoms. The summed E-state index contributed by atoms with van der Waals surface area (Å²) in [5.74, 6) is 2.54. The number of aromatic nitrogens is 4. The van der Waals surface area contributed by atoms with Crippen LogP contribution in [0.1, 0.15) is 31.7 Å². The number of hydrogen-bond acceptors (Lipinski definition) is 6. The van der Waals surface area contributed by atoms with E-state index in [9.17, 15) is 4.79 Å². The van der Waals surface area contributed by atoms with E-state index in [1.807, 2.05) is 37.3 Å². The lowest BCUT2D eigenvalue weighted by molar-refractivity contribution is -0.121. The van der Waals surface area contributed by atoms with Crippen LogP contribution < -0.4 is 14.8 Å². The van der Waals surface area contributed by atoms with E-state index in [1.54, 1.807) is 16.8 Å². The first-order valence-corrected chi connectivity index (χ1v) is 10.3. The van der Waals surface area contributed by atoms with Crippen molar-refractivity contribution in [3.8, 4) is 17.4 Å². The van der Waals surface area contributed by atoms with Crippen LogP contribution in [-0.4, -0.2) is 32.3 Å². The van der Waals surface area contributed by atoms with Crippen LogP contribution in [0, 0.1) is 4.77 Å². The summed E-state index contributed by atoms with van der Waals surface area (Å²) >= 11 is 5.22. The minimum Gasteiger partial charge on any atom is -0.494 e. The number of benzene rings is 1. The molecular formula is C21H25N5O3S. The molecule has 9 heteroatoms. The highest BCUT2D eigenvalue weighted by molar-refractivity contribution is 7.71. The molecule has 0 fully saturated rings. The van der Waals surface area contributed by atoms with Crippen LogP contribution in [0.25, 0.3) is 0 Å². The summed E-state index contributed by atoms with van der Waals surface area (Å²) in [6.07, 6.45) is 3.34. The monoisotopic (exact) mass is 427 g/mol. The quantitative estimate of drug-likeness (QED) is 0.478. The predicted octanol–water partition coefficient (Wildman–Crippen LogP) is 3.80. The first-order valence-electron chi connectivity index (χ1n) is 9.85. The van der Waals surface area contributed by atoms with E-state index in [0.717, 1.165) is 30.0 Å². The Morgan fingerprint density at radius 3 is 2.70 bits per heavy atom. The van der Waals surface area contributed by atoms with E-state index in [1.165, 1.54) is 0 Å². The lowest BCUT2D eigenvalue weighted by atomic mass is 10.2. The average Bonchev–Trinajstić information content (AvgIpc) is 3.08. The zero-order valence-electron chi connectivity index (χ0n) is 17.1. The van der Waals surface area contributed by atoms with Gasteiger partial charge in [-0.15, -0.1) is 0 Å². The fourth-order valence-corrected chi connectivity index (χ4v) is 3.05. The van der Waals surface area contributed by atoms with Crippen molar-refractivity contribution in [1.29, 1.82) is 0 Å². The molecule has 0 spiro atoms. The van der Waals surface area contributed by atoms with E-state index in [2.05, 4.69) is 27.4 Å². The van der Waals surface area contributed by atoms with Crippen molar-refractivity contribution in [2.75, 3.05) is 6.61 Å². The molecule has 0 saturated heterocycles. The van der Waals surface area contributed by atoms with E-state index < -0.39 is 0 Å². The smallest absolute Gasteiger partial charge is 0.240 e. The number of carbonyl (C=O) groups is 1. The average molecular weight is 428 g/mol. The fourth-order valence-electron chi connectivity index (χ4n) is 2.84. The first kappa shape index (κ1) is 21.5. The minimum absolute atomic E-state index is 0.130. The van der Waals surface area contributed by atoms with Crippen molar-refractivity contribution in [2.24, 2.45) is 0 Å². The van der Waals surface area contributed by atoms with Crippen LogP contribution in [0.2, 0.25) is 0 Å². The topological polar surface area (TPSA) is 94.1 Å². The Balaban J connectivity index is 1.57. The lowest BCUT2D eigenvalue weighted by Gasteiger charge is -2.10. The Morgan fingerprint density at radius 2 is 1.97 bits per heavy atom. The first-order chi connectivity index (χ1) is 14.6. The molecule has 0 saturated carbocycles. The van der Waals surface area contributed by atoms with Crippen LogP contribution in [0.5, 0.6) is 17.4 Å². The van der Waals surface area contributed by atoms with Crippen molar-refractivity contribution in [1.82, 2.24) is 25.1 Å². The number of hydrogen-bond donors (Lipinski definition) is 2. The molecule has 0 aliphatic rings. The fraction of sp³-hybridized carbons (Fsp3) is 0.333. The molecule has 0 atom stereocenters. The number of aryl methyl sites for hydroxylation is 1. The molecule has 0 aliphatic heterocycles. The number of H-pyrrole nitrogens is 1. The number of pyridine rings is 1. The van der Waals surface area contributed by atoms with Gasteiger partial charge in [-0.2, -0.15) is 5.10 Å². The second-order valence-corrected chi connectivity index (χ2v) is 6.95. The van der Waals surface area contributed by atoms with Crippen molar-refractivity contribution in [3.63, 3.8) is 0 Å². The van der Waals surface area contributed by atoms with Crippen molar-refractivity contribution in [2.45, 2.75) is 39.8 Å². The summed E-state index contributed by atoms with van der Waals surface area (Å²) < 4.78 is 13.4. The maximum Gasteiger partial charge on any atom is 0.240 e. The number of ether oxygens (including phenoxy) is 2. The molecule has 0 unspecified atom stereocenters. The Labute approximate surface area is 180 Å². The summed E-state index contributed by atoms with van der Waals surface area (Å²) in [4.78, 5) is 16.6. The van der Waals surface area contributed by atoms with E-state index in [0.29, 0.717) is 29.6 Å². The standard InChI is InChI=1S/C21H25N5O3S/c1-3-5-18-24-25-21(30)26(18)14-19(27)23-13-15-10-11-22-20(12-15)29-17-8-6-16(7-9-17)28-4-2/h6-12H,3-5,13-14H2,1-2H3,(H,23,27)(H,25,30). The van der Waals surface area contributed by atoms with Crippen LogP contribution in [0.3, 0.4) is 0 Å². The molecule has 8 nitrogen and oxygen atoms in total. The van der Waals surface area contributed by atoms with E-state index >= 15 is 0 Å². The summed E-state index contributed by atoms with van der Waals surface area (Å²) in [6, 6.07) is 11.0. The maximum absolute atomic E-state index is 12.4. The van der Waals surface area contributed by atoms with Gasteiger partial charge in [0.25, 0.3) is 0 Å². The zero-order chi connectivity index (χ0) is 21.3. The van der Waals surface area contributed by atoms with Gasteiger partial charge in [-0.05, 0) is 61.5 Å². The second kappa shape index (κ2) is 10.5. The highest BCUT2D eigenvalue weighted by Gasteiger charge is 2.10. The normalized spacial score (nSPS) is 10.6. The third-order valence-electron chi connectivity index (χ3n) is 4.26. The van der Waals surface area contributed by atoms with Gasteiger partial charge in [0.2, 0.25) is 11.8 Å². The number of nitrogens with one attached hydrogen (secondary N) is 2. The van der Waals surface area contributed by atoms with Gasteiger partial charge in [0, 0.05) is 25.2 Å². The summed E-state index contributed by atoms with van der Waals surface area (Å²) in [5.41, 5.74) is 0.879. The molecule has 2 N–H and O–H groups in total. The zero-order valence-corrected chi connectivity index (χ0v) is 17.9. The van der Waals surface area contributed by atoms with Crippen LogP contribution in [-0.2, 0) is 24.3 Å². The van der Waals surface area contributed by atoms with Gasteiger partial charge in [-0.3, -0.25) is 14.5 Å². The molecular weight excluding hydrogens is 402 g/mol. The SMILES string of the molecule is CCCc1n[nH]c(=S)n1CC(=O)NCc1ccnc(Oc2ccc(OCC)cc2)c1. The third kappa shape index (κ3) is 5.90. The van der Waals surface area contributed by atoms with Gasteiger partial charge >= 0.3 is 0 Å². The van der Waals surface area contributed by atoms with Crippen molar-refractivity contribution < 1.29 is 14.3 Å². The number of carbonyl (C=O) groups excluding carboxylic acids is 1. The molecule has 0 bridgehead atoms. The van der Waals surface area contributed by atoms with Gasteiger partial charge in [0.1, 0.15) is 23.9 Å². The van der Waals surface area contributed by atoms with Crippen LogP contribution >= 0.6 is 12.2 Å². The molecule has 3 rings (SSSR count). The number of rotatable bonds is 10. The van der Waals surface area contributed by atoms with Gasteiger partial charge in [0.15, 0.2) is 4.77 Å². The van der Waals surface area contributed by atoms with Crippen molar-refractivity contribution in [3.05, 3.63) is 58.8 Å². The van der Waals surface area contributed by atoms with Crippen LogP contribution in [0.4, 0.5) is 0 Å². The van der Waals surface area contributed by atoms with Crippen LogP contribution in [0.15, 0.2) is 42.6 Å². The Hall–Kier alpha value is -3.20. The van der Waals surface area contributed by atoms with Gasteiger partial charge in [-0.1, -0.05) is 6.92 Å². The molecule has 1 amide bonds. The Morgan fingerprint density at radius 1 is 1.20 bits per heavy atom. The van der Waals surface area contributed by atoms with Gasteiger partial charge in [0.05, 0.1) is 6.61 Å².